The largest absolute Gasteiger partial charge is 0.391 e. The van der Waals surface area contributed by atoms with Crippen molar-refractivity contribution in [2.75, 3.05) is 13.1 Å². The average Bonchev–Trinajstić information content (AvgIpc) is 2.81. The molecule has 3 rings (SSSR count). The van der Waals surface area contributed by atoms with E-state index < -0.39 is 0 Å². The molecule has 3 aliphatic rings. The molecule has 3 heteroatoms. The van der Waals surface area contributed by atoms with E-state index in [9.17, 15) is 5.11 Å². The molecule has 0 amide bonds. The molecule has 0 radical (unpaired) electrons. The van der Waals surface area contributed by atoms with Crippen molar-refractivity contribution in [2.24, 2.45) is 5.41 Å². The molecular weight excluding hydrogens is 214 g/mol. The van der Waals surface area contributed by atoms with E-state index in [1.165, 1.54) is 12.8 Å². The van der Waals surface area contributed by atoms with Crippen molar-refractivity contribution in [3.8, 4) is 0 Å². The van der Waals surface area contributed by atoms with E-state index >= 15 is 0 Å². The Labute approximate surface area is 104 Å². The standard InChI is InChI=1S/C14H25NO2/c1-13(2,3)17-11-6-10(7-11)15-8-12(16)14(9-15)4-5-14/h10-12,16H,4-9H2,1-3H3. The summed E-state index contributed by atoms with van der Waals surface area (Å²) in [6.07, 6.45) is 5.15. The third-order valence-electron chi connectivity index (χ3n) is 4.63. The van der Waals surface area contributed by atoms with Gasteiger partial charge in [0, 0.05) is 24.5 Å². The van der Waals surface area contributed by atoms with Gasteiger partial charge in [0.25, 0.3) is 0 Å². The van der Waals surface area contributed by atoms with Crippen LogP contribution in [0.25, 0.3) is 0 Å². The minimum absolute atomic E-state index is 0.0160. The fraction of sp³-hybridized carbons (Fsp3) is 1.00. The second-order valence-corrected chi connectivity index (χ2v) is 7.29. The zero-order valence-corrected chi connectivity index (χ0v) is 11.3. The van der Waals surface area contributed by atoms with Crippen molar-refractivity contribution in [1.29, 1.82) is 0 Å². The zero-order valence-electron chi connectivity index (χ0n) is 11.3. The van der Waals surface area contributed by atoms with Crippen LogP contribution in [-0.4, -0.2) is 46.9 Å². The van der Waals surface area contributed by atoms with E-state index in [1.54, 1.807) is 0 Å². The van der Waals surface area contributed by atoms with Crippen molar-refractivity contribution < 1.29 is 9.84 Å². The molecule has 2 saturated carbocycles. The fourth-order valence-electron chi connectivity index (χ4n) is 3.35. The molecule has 0 aromatic heterocycles. The molecule has 1 saturated heterocycles. The molecule has 0 aromatic carbocycles. The minimum Gasteiger partial charge on any atom is -0.391 e. The van der Waals surface area contributed by atoms with Gasteiger partial charge in [-0.1, -0.05) is 0 Å². The first-order valence-electron chi connectivity index (χ1n) is 6.98. The molecule has 17 heavy (non-hydrogen) atoms. The number of nitrogens with zero attached hydrogens (tertiary/aromatic N) is 1. The number of aliphatic hydroxyl groups excluding tert-OH is 1. The van der Waals surface area contributed by atoms with E-state index in [4.69, 9.17) is 4.74 Å². The van der Waals surface area contributed by atoms with E-state index in [2.05, 4.69) is 25.7 Å². The maximum Gasteiger partial charge on any atom is 0.0735 e. The smallest absolute Gasteiger partial charge is 0.0735 e. The van der Waals surface area contributed by atoms with E-state index in [0.717, 1.165) is 25.9 Å². The number of β-amino-alcohol motifs (C(OH)–C–C–N with tert-alkyl or cyclic N) is 1. The Hall–Kier alpha value is -0.120. The lowest BCUT2D eigenvalue weighted by molar-refractivity contribution is -0.118. The number of hydrogen-bond acceptors (Lipinski definition) is 3. The maximum atomic E-state index is 10.0. The molecular formula is C14H25NO2. The van der Waals surface area contributed by atoms with Gasteiger partial charge in [0.15, 0.2) is 0 Å². The Kier molecular flexibility index (Phi) is 2.59. The van der Waals surface area contributed by atoms with Crippen molar-refractivity contribution >= 4 is 0 Å². The predicted octanol–water partition coefficient (Wildman–Crippen LogP) is 1.79. The van der Waals surface area contributed by atoms with Gasteiger partial charge in [-0.05, 0) is 46.5 Å². The van der Waals surface area contributed by atoms with Gasteiger partial charge in [-0.3, -0.25) is 4.90 Å². The third kappa shape index (κ3) is 2.25. The van der Waals surface area contributed by atoms with Gasteiger partial charge in [-0.2, -0.15) is 0 Å². The SMILES string of the molecule is CC(C)(C)OC1CC(N2CC(O)C3(CC3)C2)C1. The predicted molar refractivity (Wildman–Crippen MR) is 66.9 cm³/mol. The Morgan fingerprint density at radius 1 is 1.24 bits per heavy atom. The number of likely N-dealkylation sites (tertiary alicyclic amines) is 1. The van der Waals surface area contributed by atoms with Gasteiger partial charge in [-0.25, -0.2) is 0 Å². The fourth-order valence-corrected chi connectivity index (χ4v) is 3.35. The highest BCUT2D eigenvalue weighted by molar-refractivity contribution is 5.08. The van der Waals surface area contributed by atoms with Crippen LogP contribution in [0.15, 0.2) is 0 Å². The molecule has 0 aromatic rings. The quantitative estimate of drug-likeness (QED) is 0.797. The number of hydrogen-bond donors (Lipinski definition) is 1. The Morgan fingerprint density at radius 3 is 2.35 bits per heavy atom. The summed E-state index contributed by atoms with van der Waals surface area (Å²) in [6, 6.07) is 0.664. The summed E-state index contributed by atoms with van der Waals surface area (Å²) in [4.78, 5) is 2.50. The van der Waals surface area contributed by atoms with Gasteiger partial charge >= 0.3 is 0 Å². The van der Waals surface area contributed by atoms with Gasteiger partial charge < -0.3 is 9.84 Å². The molecule has 1 atom stereocenters. The normalized spacial score (nSPS) is 40.6. The maximum absolute atomic E-state index is 10.0. The van der Waals surface area contributed by atoms with Crippen LogP contribution in [0.2, 0.25) is 0 Å². The van der Waals surface area contributed by atoms with Crippen LogP contribution < -0.4 is 0 Å². The topological polar surface area (TPSA) is 32.7 Å². The van der Waals surface area contributed by atoms with Gasteiger partial charge in [0.05, 0.1) is 17.8 Å². The first kappa shape index (κ1) is 11.9. The molecule has 0 bridgehead atoms. The van der Waals surface area contributed by atoms with Crippen molar-refractivity contribution in [2.45, 2.75) is 70.3 Å². The molecule has 1 spiro atoms. The lowest BCUT2D eigenvalue weighted by atomic mass is 9.87. The van der Waals surface area contributed by atoms with Crippen LogP contribution in [0.3, 0.4) is 0 Å². The molecule has 98 valence electrons. The minimum atomic E-state index is -0.0647. The summed E-state index contributed by atoms with van der Waals surface area (Å²) < 4.78 is 5.97. The first-order valence-corrected chi connectivity index (χ1v) is 6.98. The number of ether oxygens (including phenoxy) is 1. The lowest BCUT2D eigenvalue weighted by Crippen LogP contribution is -2.49. The Bertz CT molecular complexity index is 300. The zero-order chi connectivity index (χ0) is 12.3. The summed E-state index contributed by atoms with van der Waals surface area (Å²) in [5.41, 5.74) is 0.286. The average molecular weight is 239 g/mol. The van der Waals surface area contributed by atoms with Crippen LogP contribution in [0.1, 0.15) is 46.5 Å². The summed E-state index contributed by atoms with van der Waals surface area (Å²) >= 11 is 0. The van der Waals surface area contributed by atoms with Crippen LogP contribution in [0, 0.1) is 5.41 Å². The highest BCUT2D eigenvalue weighted by Crippen LogP contribution is 2.54. The van der Waals surface area contributed by atoms with Crippen LogP contribution >= 0.6 is 0 Å². The highest BCUT2D eigenvalue weighted by Gasteiger charge is 2.56. The summed E-state index contributed by atoms with van der Waals surface area (Å²) in [5.74, 6) is 0. The van der Waals surface area contributed by atoms with Crippen LogP contribution in [0.5, 0.6) is 0 Å². The van der Waals surface area contributed by atoms with E-state index in [1.807, 2.05) is 0 Å². The first-order chi connectivity index (χ1) is 7.88. The van der Waals surface area contributed by atoms with Gasteiger partial charge in [0.2, 0.25) is 0 Å². The summed E-state index contributed by atoms with van der Waals surface area (Å²) in [6.45, 7) is 8.39. The van der Waals surface area contributed by atoms with Crippen molar-refractivity contribution in [3.63, 3.8) is 0 Å². The number of rotatable bonds is 2. The monoisotopic (exact) mass is 239 g/mol. The van der Waals surface area contributed by atoms with Crippen LogP contribution in [0.4, 0.5) is 0 Å². The molecule has 1 heterocycles. The summed E-state index contributed by atoms with van der Waals surface area (Å²) in [5, 5.41) is 10.0. The van der Waals surface area contributed by atoms with Crippen molar-refractivity contribution in [3.05, 3.63) is 0 Å². The molecule has 1 unspecified atom stereocenters. The highest BCUT2D eigenvalue weighted by atomic mass is 16.5. The second-order valence-electron chi connectivity index (χ2n) is 7.29. The molecule has 2 aliphatic carbocycles. The van der Waals surface area contributed by atoms with Crippen LogP contribution in [-0.2, 0) is 4.74 Å². The Balaban J connectivity index is 1.47. The molecule has 3 fully saturated rings. The summed E-state index contributed by atoms with van der Waals surface area (Å²) in [7, 11) is 0. The van der Waals surface area contributed by atoms with Gasteiger partial charge in [0.1, 0.15) is 0 Å². The van der Waals surface area contributed by atoms with E-state index in [0.29, 0.717) is 17.6 Å². The lowest BCUT2D eigenvalue weighted by Gasteiger charge is -2.43. The van der Waals surface area contributed by atoms with E-state index in [-0.39, 0.29) is 11.7 Å². The molecule has 3 nitrogen and oxygen atoms in total. The second kappa shape index (κ2) is 3.69. The van der Waals surface area contributed by atoms with Crippen molar-refractivity contribution in [1.82, 2.24) is 4.90 Å². The Morgan fingerprint density at radius 2 is 1.88 bits per heavy atom. The number of aliphatic hydroxyl groups is 1. The molecule has 1 N–H and O–H groups in total. The third-order valence-corrected chi connectivity index (χ3v) is 4.63. The van der Waals surface area contributed by atoms with Gasteiger partial charge in [-0.15, -0.1) is 0 Å². The molecule has 1 aliphatic heterocycles.